The van der Waals surface area contributed by atoms with Crippen molar-refractivity contribution in [1.29, 1.82) is 0 Å². The first-order valence-corrected chi connectivity index (χ1v) is 9.10. The fourth-order valence-electron chi connectivity index (χ4n) is 2.15. The molecule has 2 amide bonds. The summed E-state index contributed by atoms with van der Waals surface area (Å²) in [4.78, 5) is 23.8. The molecule has 2 aromatic rings. The molecule has 2 aromatic carbocycles. The van der Waals surface area contributed by atoms with Gasteiger partial charge in [0.1, 0.15) is 0 Å². The molecule has 8 heteroatoms. The van der Waals surface area contributed by atoms with E-state index >= 15 is 0 Å². The monoisotopic (exact) mass is 413 g/mol. The van der Waals surface area contributed by atoms with Crippen LogP contribution in [0, 0.1) is 0 Å². The Labute approximate surface area is 167 Å². The number of benzene rings is 2. The summed E-state index contributed by atoms with van der Waals surface area (Å²) in [7, 11) is 0. The van der Waals surface area contributed by atoms with Gasteiger partial charge in [-0.05, 0) is 42.8 Å². The normalized spacial score (nSPS) is 10.3. The van der Waals surface area contributed by atoms with Gasteiger partial charge in [0.15, 0.2) is 0 Å². The lowest BCUT2D eigenvalue weighted by Crippen LogP contribution is -2.22. The second kappa shape index (κ2) is 9.67. The highest BCUT2D eigenvalue weighted by atomic mass is 35.5. The van der Waals surface area contributed by atoms with Crippen molar-refractivity contribution in [3.05, 3.63) is 51.5 Å². The van der Waals surface area contributed by atoms with Gasteiger partial charge in [-0.25, -0.2) is 0 Å². The van der Waals surface area contributed by atoms with E-state index < -0.39 is 0 Å². The minimum atomic E-state index is -0.314. The van der Waals surface area contributed by atoms with Crippen molar-refractivity contribution >= 4 is 63.7 Å². The van der Waals surface area contributed by atoms with Gasteiger partial charge in [0, 0.05) is 17.1 Å². The van der Waals surface area contributed by atoms with Crippen molar-refractivity contribution in [3.8, 4) is 0 Å². The van der Waals surface area contributed by atoms with Crippen molar-refractivity contribution in [2.75, 3.05) is 22.5 Å². The topological polar surface area (TPSA) is 70.2 Å². The molecule has 0 aromatic heterocycles. The molecule has 0 aliphatic rings. The average Bonchev–Trinajstić information content (AvgIpc) is 2.59. The van der Waals surface area contributed by atoms with Crippen LogP contribution < -0.4 is 16.0 Å². The third-order valence-electron chi connectivity index (χ3n) is 3.37. The van der Waals surface area contributed by atoms with E-state index in [1.807, 2.05) is 6.92 Å². The molecule has 0 heterocycles. The summed E-state index contributed by atoms with van der Waals surface area (Å²) in [5.41, 5.74) is 1.57. The Balaban J connectivity index is 1.98. The van der Waals surface area contributed by atoms with Crippen molar-refractivity contribution in [1.82, 2.24) is 0 Å². The number of anilines is 3. The molecule has 5 nitrogen and oxygen atoms in total. The van der Waals surface area contributed by atoms with Crippen LogP contribution in [0.15, 0.2) is 36.4 Å². The zero-order valence-corrected chi connectivity index (χ0v) is 16.3. The number of amides is 2. The van der Waals surface area contributed by atoms with Gasteiger partial charge >= 0.3 is 0 Å². The smallest absolute Gasteiger partial charge is 0.243 e. The summed E-state index contributed by atoms with van der Waals surface area (Å²) in [6, 6.07) is 9.83. The van der Waals surface area contributed by atoms with Crippen molar-refractivity contribution in [2.45, 2.75) is 19.8 Å². The van der Waals surface area contributed by atoms with Crippen LogP contribution in [0.1, 0.15) is 19.8 Å². The quantitative estimate of drug-likeness (QED) is 0.565. The van der Waals surface area contributed by atoms with Crippen LogP contribution in [0.25, 0.3) is 0 Å². The summed E-state index contributed by atoms with van der Waals surface area (Å²) in [6.07, 6.45) is 1.20. The molecular weight excluding hydrogens is 397 g/mol. The SMILES string of the molecule is CCCC(=O)Nc1ccc(Cl)c(NCC(=O)Nc2cc(Cl)ccc2Cl)c1. The Hall–Kier alpha value is -1.95. The Morgan fingerprint density at radius 3 is 2.31 bits per heavy atom. The molecule has 26 heavy (non-hydrogen) atoms. The third-order valence-corrected chi connectivity index (χ3v) is 4.26. The van der Waals surface area contributed by atoms with E-state index in [1.54, 1.807) is 36.4 Å². The molecule has 2 rings (SSSR count). The lowest BCUT2D eigenvalue weighted by molar-refractivity contribution is -0.116. The van der Waals surface area contributed by atoms with E-state index in [1.165, 1.54) is 0 Å². The fraction of sp³-hybridized carbons (Fsp3) is 0.222. The minimum absolute atomic E-state index is 0.0328. The first-order valence-electron chi connectivity index (χ1n) is 7.97. The van der Waals surface area contributed by atoms with Gasteiger partial charge in [-0.1, -0.05) is 41.7 Å². The molecule has 0 saturated heterocycles. The van der Waals surface area contributed by atoms with Gasteiger partial charge in [-0.3, -0.25) is 9.59 Å². The van der Waals surface area contributed by atoms with E-state index in [9.17, 15) is 9.59 Å². The maximum Gasteiger partial charge on any atom is 0.243 e. The fourth-order valence-corrected chi connectivity index (χ4v) is 2.67. The first kappa shape index (κ1) is 20.4. The van der Waals surface area contributed by atoms with Crippen molar-refractivity contribution in [2.24, 2.45) is 0 Å². The molecule has 138 valence electrons. The molecule has 0 radical (unpaired) electrons. The molecule has 0 aliphatic carbocycles. The van der Waals surface area contributed by atoms with E-state index in [0.717, 1.165) is 6.42 Å². The highest BCUT2D eigenvalue weighted by Crippen LogP contribution is 2.27. The summed E-state index contributed by atoms with van der Waals surface area (Å²) in [5, 5.41) is 9.69. The maximum absolute atomic E-state index is 12.1. The predicted octanol–water partition coefficient (Wildman–Crippen LogP) is 5.44. The van der Waals surface area contributed by atoms with Gasteiger partial charge in [0.05, 0.1) is 28.0 Å². The average molecular weight is 415 g/mol. The van der Waals surface area contributed by atoms with E-state index in [2.05, 4.69) is 16.0 Å². The second-order valence-corrected chi connectivity index (χ2v) is 6.77. The largest absolute Gasteiger partial charge is 0.375 e. The molecule has 0 bridgehead atoms. The molecule has 0 unspecified atom stereocenters. The minimum Gasteiger partial charge on any atom is -0.375 e. The first-order chi connectivity index (χ1) is 12.4. The number of rotatable bonds is 7. The van der Waals surface area contributed by atoms with E-state index in [0.29, 0.717) is 38.6 Å². The van der Waals surface area contributed by atoms with Crippen molar-refractivity contribution in [3.63, 3.8) is 0 Å². The zero-order chi connectivity index (χ0) is 19.1. The maximum atomic E-state index is 12.1. The highest BCUT2D eigenvalue weighted by molar-refractivity contribution is 6.35. The Morgan fingerprint density at radius 2 is 1.58 bits per heavy atom. The number of nitrogens with one attached hydrogen (secondary N) is 3. The standard InChI is InChI=1S/C18H18Cl3N3O2/c1-2-3-17(25)23-12-5-7-13(20)15(9-12)22-10-18(26)24-16-8-11(19)4-6-14(16)21/h4-9,22H,2-3,10H2,1H3,(H,23,25)(H,24,26). The molecule has 0 saturated carbocycles. The summed E-state index contributed by atoms with van der Waals surface area (Å²) in [5.74, 6) is -0.389. The van der Waals surface area contributed by atoms with Crippen LogP contribution in [0.3, 0.4) is 0 Å². The molecule has 0 fully saturated rings. The molecule has 0 spiro atoms. The summed E-state index contributed by atoms with van der Waals surface area (Å²) in [6.45, 7) is 1.90. The lowest BCUT2D eigenvalue weighted by atomic mass is 10.2. The highest BCUT2D eigenvalue weighted by Gasteiger charge is 2.09. The lowest BCUT2D eigenvalue weighted by Gasteiger charge is -2.12. The number of hydrogen-bond acceptors (Lipinski definition) is 3. The predicted molar refractivity (Wildman–Crippen MR) is 109 cm³/mol. The molecule has 0 atom stereocenters. The molecule has 0 aliphatic heterocycles. The van der Waals surface area contributed by atoms with E-state index in [-0.39, 0.29) is 18.4 Å². The second-order valence-electron chi connectivity index (χ2n) is 5.52. The molecular formula is C18H18Cl3N3O2. The van der Waals surface area contributed by atoms with Crippen LogP contribution in [0.4, 0.5) is 17.1 Å². The van der Waals surface area contributed by atoms with Crippen LogP contribution in [-0.4, -0.2) is 18.4 Å². The van der Waals surface area contributed by atoms with Gasteiger partial charge in [0.2, 0.25) is 11.8 Å². The van der Waals surface area contributed by atoms with Crippen LogP contribution in [0.5, 0.6) is 0 Å². The van der Waals surface area contributed by atoms with Gasteiger partial charge < -0.3 is 16.0 Å². The number of carbonyl (C=O) groups is 2. The van der Waals surface area contributed by atoms with Crippen molar-refractivity contribution < 1.29 is 9.59 Å². The third kappa shape index (κ3) is 6.09. The Kier molecular flexibility index (Phi) is 7.57. The van der Waals surface area contributed by atoms with Crippen LogP contribution in [0.2, 0.25) is 15.1 Å². The van der Waals surface area contributed by atoms with Crippen LogP contribution in [-0.2, 0) is 9.59 Å². The van der Waals surface area contributed by atoms with Gasteiger partial charge in [0.25, 0.3) is 0 Å². The van der Waals surface area contributed by atoms with Crippen LogP contribution >= 0.6 is 34.8 Å². The Morgan fingerprint density at radius 1 is 0.885 bits per heavy atom. The summed E-state index contributed by atoms with van der Waals surface area (Å²) >= 11 is 18.1. The number of hydrogen-bond donors (Lipinski definition) is 3. The zero-order valence-electron chi connectivity index (χ0n) is 14.0. The van der Waals surface area contributed by atoms with E-state index in [4.69, 9.17) is 34.8 Å². The van der Waals surface area contributed by atoms with Gasteiger partial charge in [-0.15, -0.1) is 0 Å². The molecule has 3 N–H and O–H groups in total. The Bertz CT molecular complexity index is 812. The van der Waals surface area contributed by atoms with Gasteiger partial charge in [-0.2, -0.15) is 0 Å². The number of halogens is 3. The summed E-state index contributed by atoms with van der Waals surface area (Å²) < 4.78 is 0. The number of carbonyl (C=O) groups excluding carboxylic acids is 2.